The lowest BCUT2D eigenvalue weighted by atomic mass is 9.50. The van der Waals surface area contributed by atoms with E-state index in [9.17, 15) is 4.79 Å². The van der Waals surface area contributed by atoms with Gasteiger partial charge in [-0.1, -0.05) is 0 Å². The van der Waals surface area contributed by atoms with Gasteiger partial charge in [-0.15, -0.1) is 0 Å². The SMILES string of the molecule is CC(OCC12CC3CC(CC(C3)C1)C2)C(=O)O. The Morgan fingerprint density at radius 2 is 1.71 bits per heavy atom. The monoisotopic (exact) mass is 238 g/mol. The minimum Gasteiger partial charge on any atom is -0.479 e. The number of carboxylic acid groups (broad SMARTS) is 1. The van der Waals surface area contributed by atoms with Gasteiger partial charge >= 0.3 is 5.97 Å². The van der Waals surface area contributed by atoms with Gasteiger partial charge < -0.3 is 9.84 Å². The zero-order chi connectivity index (χ0) is 12.0. The average molecular weight is 238 g/mol. The second-order valence-electron chi connectivity index (χ2n) is 6.71. The fraction of sp³-hybridized carbons (Fsp3) is 0.929. The molecule has 0 heterocycles. The van der Waals surface area contributed by atoms with Crippen LogP contribution in [-0.4, -0.2) is 23.8 Å². The van der Waals surface area contributed by atoms with E-state index in [4.69, 9.17) is 9.84 Å². The Labute approximate surface area is 103 Å². The van der Waals surface area contributed by atoms with E-state index < -0.39 is 12.1 Å². The number of aliphatic carboxylic acids is 1. The van der Waals surface area contributed by atoms with Crippen molar-refractivity contribution in [1.29, 1.82) is 0 Å². The molecule has 4 aliphatic carbocycles. The molecule has 0 spiro atoms. The topological polar surface area (TPSA) is 46.5 Å². The molecular formula is C14H22O3. The second-order valence-corrected chi connectivity index (χ2v) is 6.71. The van der Waals surface area contributed by atoms with Gasteiger partial charge in [-0.3, -0.25) is 0 Å². The Balaban J connectivity index is 1.64. The highest BCUT2D eigenvalue weighted by atomic mass is 16.5. The van der Waals surface area contributed by atoms with Crippen molar-refractivity contribution in [1.82, 2.24) is 0 Å². The molecule has 0 aromatic rings. The Bertz CT molecular complexity index is 288. The van der Waals surface area contributed by atoms with E-state index >= 15 is 0 Å². The summed E-state index contributed by atoms with van der Waals surface area (Å²) < 4.78 is 5.59. The quantitative estimate of drug-likeness (QED) is 0.819. The van der Waals surface area contributed by atoms with Gasteiger partial charge in [0.2, 0.25) is 0 Å². The molecule has 4 bridgehead atoms. The largest absolute Gasteiger partial charge is 0.479 e. The molecule has 96 valence electrons. The molecule has 1 atom stereocenters. The molecular weight excluding hydrogens is 216 g/mol. The predicted octanol–water partition coefficient (Wildman–Crippen LogP) is 2.69. The molecule has 4 fully saturated rings. The molecule has 0 aromatic carbocycles. The van der Waals surface area contributed by atoms with Gasteiger partial charge in [-0.2, -0.15) is 0 Å². The van der Waals surface area contributed by atoms with Crippen LogP contribution in [0.25, 0.3) is 0 Å². The summed E-state index contributed by atoms with van der Waals surface area (Å²) in [5.41, 5.74) is 0.332. The van der Waals surface area contributed by atoms with Crippen molar-refractivity contribution in [2.45, 2.75) is 51.6 Å². The summed E-state index contributed by atoms with van der Waals surface area (Å²) in [6, 6.07) is 0. The van der Waals surface area contributed by atoms with Crippen LogP contribution in [-0.2, 0) is 9.53 Å². The minimum atomic E-state index is -0.838. The third kappa shape index (κ3) is 2.10. The number of rotatable bonds is 4. The van der Waals surface area contributed by atoms with Gasteiger partial charge in [0, 0.05) is 0 Å². The van der Waals surface area contributed by atoms with Crippen LogP contribution < -0.4 is 0 Å². The third-order valence-corrected chi connectivity index (χ3v) is 5.15. The average Bonchev–Trinajstić information content (AvgIpc) is 2.24. The Hall–Kier alpha value is -0.570. The normalized spacial score (nSPS) is 44.9. The summed E-state index contributed by atoms with van der Waals surface area (Å²) in [5, 5.41) is 8.87. The maximum absolute atomic E-state index is 10.8. The lowest BCUT2D eigenvalue weighted by Crippen LogP contribution is -2.48. The number of hydrogen-bond donors (Lipinski definition) is 1. The van der Waals surface area contributed by atoms with E-state index in [-0.39, 0.29) is 0 Å². The highest BCUT2D eigenvalue weighted by molar-refractivity contribution is 5.71. The molecule has 4 saturated carbocycles. The first kappa shape index (κ1) is 11.5. The minimum absolute atomic E-state index is 0.332. The lowest BCUT2D eigenvalue weighted by molar-refractivity contribution is -0.157. The van der Waals surface area contributed by atoms with Gasteiger partial charge in [0.25, 0.3) is 0 Å². The smallest absolute Gasteiger partial charge is 0.332 e. The van der Waals surface area contributed by atoms with Gasteiger partial charge in [0.1, 0.15) is 0 Å². The summed E-state index contributed by atoms with van der Waals surface area (Å²) in [7, 11) is 0. The van der Waals surface area contributed by atoms with Crippen LogP contribution in [0.3, 0.4) is 0 Å². The van der Waals surface area contributed by atoms with Crippen molar-refractivity contribution < 1.29 is 14.6 Å². The predicted molar refractivity (Wildman–Crippen MR) is 63.7 cm³/mol. The van der Waals surface area contributed by atoms with E-state index in [0.29, 0.717) is 12.0 Å². The van der Waals surface area contributed by atoms with Gasteiger partial charge in [-0.25, -0.2) is 4.79 Å². The second kappa shape index (κ2) is 3.98. The van der Waals surface area contributed by atoms with Gasteiger partial charge in [-0.05, 0) is 68.6 Å². The highest BCUT2D eigenvalue weighted by Crippen LogP contribution is 2.60. The fourth-order valence-corrected chi connectivity index (χ4v) is 4.84. The first-order valence-electron chi connectivity index (χ1n) is 6.91. The van der Waals surface area contributed by atoms with Crippen LogP contribution in [0.1, 0.15) is 45.4 Å². The van der Waals surface area contributed by atoms with E-state index in [0.717, 1.165) is 17.8 Å². The molecule has 0 saturated heterocycles. The van der Waals surface area contributed by atoms with Crippen LogP contribution in [0.15, 0.2) is 0 Å². The van der Waals surface area contributed by atoms with Crippen molar-refractivity contribution in [3.63, 3.8) is 0 Å². The van der Waals surface area contributed by atoms with Crippen LogP contribution >= 0.6 is 0 Å². The Kier molecular flexibility index (Phi) is 2.69. The van der Waals surface area contributed by atoms with E-state index in [1.54, 1.807) is 6.92 Å². The summed E-state index contributed by atoms with van der Waals surface area (Å²) in [6.07, 6.45) is 7.47. The molecule has 0 amide bonds. The van der Waals surface area contributed by atoms with Crippen LogP contribution in [0, 0.1) is 23.2 Å². The molecule has 4 aliphatic rings. The number of ether oxygens (including phenoxy) is 1. The first-order valence-corrected chi connectivity index (χ1v) is 6.91. The molecule has 1 N–H and O–H groups in total. The van der Waals surface area contributed by atoms with E-state index in [1.807, 2.05) is 0 Å². The number of carboxylic acids is 1. The molecule has 4 rings (SSSR count). The summed E-state index contributed by atoms with van der Waals surface area (Å²) in [4.78, 5) is 10.8. The fourth-order valence-electron chi connectivity index (χ4n) is 4.84. The summed E-state index contributed by atoms with van der Waals surface area (Å²) in [6.45, 7) is 2.31. The molecule has 3 nitrogen and oxygen atoms in total. The van der Waals surface area contributed by atoms with Gasteiger partial charge in [0.05, 0.1) is 6.61 Å². The van der Waals surface area contributed by atoms with E-state index in [1.165, 1.54) is 38.5 Å². The number of hydrogen-bond acceptors (Lipinski definition) is 2. The standard InChI is InChI=1S/C14H22O3/c1-9(13(15)16)17-8-14-5-10-2-11(6-14)4-12(3-10)7-14/h9-12H,2-8H2,1H3,(H,15,16). The van der Waals surface area contributed by atoms with Crippen molar-refractivity contribution in [2.75, 3.05) is 6.61 Å². The molecule has 1 unspecified atom stereocenters. The number of carbonyl (C=O) groups is 1. The van der Waals surface area contributed by atoms with Crippen LogP contribution in [0.5, 0.6) is 0 Å². The zero-order valence-electron chi connectivity index (χ0n) is 10.5. The van der Waals surface area contributed by atoms with E-state index in [2.05, 4.69) is 0 Å². The zero-order valence-corrected chi connectivity index (χ0v) is 10.5. The Morgan fingerprint density at radius 1 is 1.24 bits per heavy atom. The first-order chi connectivity index (χ1) is 8.06. The maximum Gasteiger partial charge on any atom is 0.332 e. The summed E-state index contributed by atoms with van der Waals surface area (Å²) >= 11 is 0. The molecule has 3 heteroatoms. The summed E-state index contributed by atoms with van der Waals surface area (Å²) in [5.74, 6) is 1.88. The van der Waals surface area contributed by atoms with Gasteiger partial charge in [0.15, 0.2) is 6.10 Å². The third-order valence-electron chi connectivity index (χ3n) is 5.15. The molecule has 0 aromatic heterocycles. The lowest BCUT2D eigenvalue weighted by Gasteiger charge is -2.56. The van der Waals surface area contributed by atoms with Crippen molar-refractivity contribution in [2.24, 2.45) is 23.2 Å². The Morgan fingerprint density at radius 3 is 2.12 bits per heavy atom. The molecule has 0 aliphatic heterocycles. The van der Waals surface area contributed by atoms with Crippen molar-refractivity contribution >= 4 is 5.97 Å². The van der Waals surface area contributed by atoms with Crippen molar-refractivity contribution in [3.8, 4) is 0 Å². The maximum atomic E-state index is 10.8. The highest BCUT2D eigenvalue weighted by Gasteiger charge is 2.51. The van der Waals surface area contributed by atoms with Crippen LogP contribution in [0.2, 0.25) is 0 Å². The van der Waals surface area contributed by atoms with Crippen LogP contribution in [0.4, 0.5) is 0 Å². The molecule has 0 radical (unpaired) electrons. The van der Waals surface area contributed by atoms with Crippen molar-refractivity contribution in [3.05, 3.63) is 0 Å². The molecule has 17 heavy (non-hydrogen) atoms.